The minimum absolute atomic E-state index is 0.745. The first kappa shape index (κ1) is 14.1. The average molecular weight is 259 g/mol. The van der Waals surface area contributed by atoms with E-state index in [9.17, 15) is 0 Å². The molecule has 1 heterocycles. The minimum atomic E-state index is 0.745. The molecule has 0 aromatic carbocycles. The fourth-order valence-electron chi connectivity index (χ4n) is 2.15. The summed E-state index contributed by atoms with van der Waals surface area (Å²) in [6, 6.07) is 5.15. The van der Waals surface area contributed by atoms with Crippen LogP contribution in [0.25, 0.3) is 0 Å². The summed E-state index contributed by atoms with van der Waals surface area (Å²) in [6.07, 6.45) is 3.63. The van der Waals surface area contributed by atoms with Crippen LogP contribution in [0, 0.1) is 0 Å². The number of aromatic nitrogens is 1. The Hall–Kier alpha value is -1.35. The molecule has 1 aliphatic rings. The number of hydrogen-bond donors (Lipinski definition) is 1. The number of pyridine rings is 1. The van der Waals surface area contributed by atoms with Gasteiger partial charge in [-0.3, -0.25) is 0 Å². The molecule has 0 radical (unpaired) electrons. The number of anilines is 1. The van der Waals surface area contributed by atoms with Gasteiger partial charge in [0.15, 0.2) is 0 Å². The second kappa shape index (κ2) is 6.20. The van der Waals surface area contributed by atoms with E-state index in [0.717, 1.165) is 36.9 Å². The van der Waals surface area contributed by atoms with Gasteiger partial charge in [0, 0.05) is 31.9 Å². The van der Waals surface area contributed by atoms with Crippen LogP contribution in [0.1, 0.15) is 37.9 Å². The summed E-state index contributed by atoms with van der Waals surface area (Å²) in [5, 5.41) is 3.57. The van der Waals surface area contributed by atoms with Gasteiger partial charge in [-0.25, -0.2) is 4.98 Å². The molecule has 0 bridgehead atoms. The van der Waals surface area contributed by atoms with Crippen LogP contribution in [0.3, 0.4) is 0 Å². The van der Waals surface area contributed by atoms with Crippen LogP contribution in [-0.4, -0.2) is 24.6 Å². The summed E-state index contributed by atoms with van der Waals surface area (Å²) in [4.78, 5) is 6.87. The molecule has 19 heavy (non-hydrogen) atoms. The highest BCUT2D eigenvalue weighted by Gasteiger charge is 2.20. The Balaban J connectivity index is 2.11. The van der Waals surface area contributed by atoms with E-state index in [4.69, 9.17) is 4.98 Å². The normalized spacial score (nSPS) is 14.5. The van der Waals surface area contributed by atoms with Crippen molar-refractivity contribution in [2.75, 3.05) is 18.5 Å². The van der Waals surface area contributed by atoms with Crippen LogP contribution in [0.5, 0.6) is 0 Å². The number of aryl methyl sites for hydroxylation is 1. The number of rotatable bonds is 7. The van der Waals surface area contributed by atoms with E-state index >= 15 is 0 Å². The molecule has 1 aromatic heterocycles. The lowest BCUT2D eigenvalue weighted by molar-refractivity contribution is 0.685. The van der Waals surface area contributed by atoms with Crippen molar-refractivity contribution in [1.82, 2.24) is 10.3 Å². The molecule has 0 spiro atoms. The van der Waals surface area contributed by atoms with E-state index in [2.05, 4.69) is 49.8 Å². The fourth-order valence-corrected chi connectivity index (χ4v) is 2.15. The third-order valence-electron chi connectivity index (χ3n) is 3.36. The van der Waals surface area contributed by atoms with Gasteiger partial charge in [-0.05, 0) is 43.9 Å². The Labute approximate surface area is 116 Å². The molecular weight excluding hydrogens is 234 g/mol. The molecule has 1 aromatic rings. The van der Waals surface area contributed by atoms with Gasteiger partial charge in [-0.2, -0.15) is 0 Å². The van der Waals surface area contributed by atoms with Crippen LogP contribution in [-0.2, 0) is 13.0 Å². The first-order chi connectivity index (χ1) is 9.08. The van der Waals surface area contributed by atoms with E-state index in [1.54, 1.807) is 0 Å². The molecule has 2 rings (SSSR count). The van der Waals surface area contributed by atoms with Gasteiger partial charge in [0.1, 0.15) is 5.82 Å². The highest BCUT2D eigenvalue weighted by Crippen LogP contribution is 2.20. The molecule has 1 N–H and O–H groups in total. The molecule has 1 fully saturated rings. The Bertz CT molecular complexity index is 449. The lowest BCUT2D eigenvalue weighted by atomic mass is 10.2. The van der Waals surface area contributed by atoms with E-state index in [-0.39, 0.29) is 0 Å². The molecule has 0 saturated heterocycles. The first-order valence-electron chi connectivity index (χ1n) is 7.17. The summed E-state index contributed by atoms with van der Waals surface area (Å²) < 4.78 is 0. The van der Waals surface area contributed by atoms with Crippen LogP contribution in [0.4, 0.5) is 5.82 Å². The van der Waals surface area contributed by atoms with Crippen LogP contribution < -0.4 is 10.2 Å². The van der Waals surface area contributed by atoms with Crippen LogP contribution in [0.15, 0.2) is 24.3 Å². The van der Waals surface area contributed by atoms with Crippen molar-refractivity contribution in [1.29, 1.82) is 0 Å². The van der Waals surface area contributed by atoms with E-state index < -0.39 is 0 Å². The Morgan fingerprint density at radius 2 is 2.21 bits per heavy atom. The Morgan fingerprint density at radius 3 is 2.79 bits per heavy atom. The third kappa shape index (κ3) is 4.35. The number of likely N-dealkylation sites (N-methyl/N-ethyl adjacent to an activating group) is 1. The molecule has 0 aliphatic heterocycles. The summed E-state index contributed by atoms with van der Waals surface area (Å²) in [6.45, 7) is 9.99. The standard InChI is InChI=1S/C16H25N3/c1-5-14-8-13(10-17-15-6-7-15)9-16(18-14)19(4)11-12(2)3/h8-9,15,17H,2,5-7,10-11H2,1,3-4H3. The van der Waals surface area contributed by atoms with Crippen molar-refractivity contribution in [2.45, 2.75) is 45.7 Å². The molecule has 0 unspecified atom stereocenters. The largest absolute Gasteiger partial charge is 0.356 e. The number of nitrogens with one attached hydrogen (secondary N) is 1. The first-order valence-corrected chi connectivity index (χ1v) is 7.17. The predicted molar refractivity (Wildman–Crippen MR) is 81.6 cm³/mol. The van der Waals surface area contributed by atoms with Crippen molar-refractivity contribution in [3.8, 4) is 0 Å². The molecule has 0 atom stereocenters. The highest BCUT2D eigenvalue weighted by molar-refractivity contribution is 5.43. The maximum Gasteiger partial charge on any atom is 0.129 e. The van der Waals surface area contributed by atoms with Gasteiger partial charge in [0.05, 0.1) is 0 Å². The van der Waals surface area contributed by atoms with E-state index in [1.165, 1.54) is 24.1 Å². The SMILES string of the molecule is C=C(C)CN(C)c1cc(CNC2CC2)cc(CC)n1. The van der Waals surface area contributed by atoms with Crippen molar-refractivity contribution < 1.29 is 0 Å². The van der Waals surface area contributed by atoms with Gasteiger partial charge in [-0.1, -0.05) is 19.1 Å². The molecule has 3 nitrogen and oxygen atoms in total. The maximum atomic E-state index is 4.70. The molecule has 1 aliphatic carbocycles. The number of nitrogens with zero attached hydrogens (tertiary/aromatic N) is 2. The number of hydrogen-bond acceptors (Lipinski definition) is 3. The molecule has 104 valence electrons. The fraction of sp³-hybridized carbons (Fsp3) is 0.562. The molecule has 3 heteroatoms. The minimum Gasteiger partial charge on any atom is -0.356 e. The van der Waals surface area contributed by atoms with Crippen molar-refractivity contribution in [3.05, 3.63) is 35.5 Å². The lowest BCUT2D eigenvalue weighted by Gasteiger charge is -2.20. The van der Waals surface area contributed by atoms with Gasteiger partial charge < -0.3 is 10.2 Å². The van der Waals surface area contributed by atoms with E-state index in [0.29, 0.717) is 0 Å². The second-order valence-electron chi connectivity index (χ2n) is 5.65. The zero-order chi connectivity index (χ0) is 13.8. The zero-order valence-electron chi connectivity index (χ0n) is 12.4. The Kier molecular flexibility index (Phi) is 4.59. The van der Waals surface area contributed by atoms with Gasteiger partial charge in [0.2, 0.25) is 0 Å². The summed E-state index contributed by atoms with van der Waals surface area (Å²) in [5.41, 5.74) is 3.66. The quantitative estimate of drug-likeness (QED) is 0.763. The molecule has 1 saturated carbocycles. The average Bonchev–Trinajstić information content (AvgIpc) is 3.19. The van der Waals surface area contributed by atoms with Crippen molar-refractivity contribution in [3.63, 3.8) is 0 Å². The van der Waals surface area contributed by atoms with Gasteiger partial charge in [0.25, 0.3) is 0 Å². The van der Waals surface area contributed by atoms with Crippen molar-refractivity contribution >= 4 is 5.82 Å². The predicted octanol–water partition coefficient (Wildman–Crippen LogP) is 2.91. The van der Waals surface area contributed by atoms with Crippen molar-refractivity contribution in [2.24, 2.45) is 0 Å². The van der Waals surface area contributed by atoms with Crippen LogP contribution >= 0.6 is 0 Å². The zero-order valence-corrected chi connectivity index (χ0v) is 12.4. The highest BCUT2D eigenvalue weighted by atomic mass is 15.2. The summed E-state index contributed by atoms with van der Waals surface area (Å²) >= 11 is 0. The Morgan fingerprint density at radius 1 is 1.47 bits per heavy atom. The monoisotopic (exact) mass is 259 g/mol. The second-order valence-corrected chi connectivity index (χ2v) is 5.65. The maximum absolute atomic E-state index is 4.70. The summed E-state index contributed by atoms with van der Waals surface area (Å²) in [7, 11) is 2.08. The topological polar surface area (TPSA) is 28.2 Å². The molecule has 0 amide bonds. The third-order valence-corrected chi connectivity index (χ3v) is 3.36. The van der Waals surface area contributed by atoms with Crippen LogP contribution in [0.2, 0.25) is 0 Å². The lowest BCUT2D eigenvalue weighted by Crippen LogP contribution is -2.22. The van der Waals surface area contributed by atoms with E-state index in [1.807, 2.05) is 0 Å². The smallest absolute Gasteiger partial charge is 0.129 e. The van der Waals surface area contributed by atoms with Gasteiger partial charge >= 0.3 is 0 Å². The molecular formula is C16H25N3. The summed E-state index contributed by atoms with van der Waals surface area (Å²) in [5.74, 6) is 1.05. The van der Waals surface area contributed by atoms with Gasteiger partial charge in [-0.15, -0.1) is 0 Å².